The van der Waals surface area contributed by atoms with E-state index in [9.17, 15) is 23.5 Å². The third kappa shape index (κ3) is 5.02. The van der Waals surface area contributed by atoms with Crippen molar-refractivity contribution in [1.82, 2.24) is 15.0 Å². The van der Waals surface area contributed by atoms with Gasteiger partial charge in [0.2, 0.25) is 11.8 Å². The Bertz CT molecular complexity index is 1310. The molecule has 0 spiro atoms. The highest BCUT2D eigenvalue weighted by Crippen LogP contribution is 2.41. The van der Waals surface area contributed by atoms with E-state index in [0.29, 0.717) is 29.1 Å². The molecule has 36 heavy (non-hydrogen) atoms. The monoisotopic (exact) mass is 500 g/mol. The first kappa shape index (κ1) is 25.2. The van der Waals surface area contributed by atoms with Gasteiger partial charge in [0.1, 0.15) is 24.1 Å². The van der Waals surface area contributed by atoms with Crippen molar-refractivity contribution in [2.24, 2.45) is 0 Å². The highest BCUT2D eigenvalue weighted by molar-refractivity contribution is 5.76. The Balaban J connectivity index is 1.68. The Hall–Kier alpha value is -3.95. The first-order valence-electron chi connectivity index (χ1n) is 10.9. The minimum absolute atomic E-state index is 0.00981. The molecule has 0 unspecified atom stereocenters. The molecule has 4 rings (SSSR count). The van der Waals surface area contributed by atoms with E-state index in [1.807, 2.05) is 13.0 Å². The summed E-state index contributed by atoms with van der Waals surface area (Å²) < 4.78 is 49.8. The number of methoxy groups -OCH3 is 1. The molecular weight excluding hydrogens is 477 g/mol. The summed E-state index contributed by atoms with van der Waals surface area (Å²) in [5.74, 6) is -0.183. The fourth-order valence-electron chi connectivity index (χ4n) is 3.79. The number of hydrogen-bond donors (Lipinski definition) is 3. The molecule has 0 bridgehead atoms. The molecule has 9 nitrogen and oxygen atoms in total. The van der Waals surface area contributed by atoms with Crippen molar-refractivity contribution in [3.8, 4) is 23.2 Å². The average molecular weight is 500 g/mol. The zero-order valence-corrected chi connectivity index (χ0v) is 19.5. The van der Waals surface area contributed by atoms with E-state index in [1.165, 1.54) is 19.4 Å². The van der Waals surface area contributed by atoms with E-state index < -0.39 is 17.3 Å². The molecular formula is C24H23F3N6O3. The zero-order valence-electron chi connectivity index (χ0n) is 19.5. The van der Waals surface area contributed by atoms with Crippen LogP contribution in [0.25, 0.3) is 11.3 Å². The van der Waals surface area contributed by atoms with Gasteiger partial charge in [0.05, 0.1) is 30.2 Å². The maximum Gasteiger partial charge on any atom is 0.433 e. The lowest BCUT2D eigenvalue weighted by Gasteiger charge is -2.21. The van der Waals surface area contributed by atoms with Crippen LogP contribution in [-0.2, 0) is 16.3 Å². The minimum Gasteiger partial charge on any atom is -0.474 e. The normalized spacial score (nSPS) is 16.7. The van der Waals surface area contributed by atoms with Gasteiger partial charge < -0.3 is 25.2 Å². The van der Waals surface area contributed by atoms with Crippen LogP contribution in [0.2, 0.25) is 0 Å². The van der Waals surface area contributed by atoms with E-state index in [0.717, 1.165) is 11.6 Å². The van der Waals surface area contributed by atoms with Crippen molar-refractivity contribution in [1.29, 1.82) is 5.26 Å². The fourth-order valence-corrected chi connectivity index (χ4v) is 3.79. The predicted molar refractivity (Wildman–Crippen MR) is 125 cm³/mol. The van der Waals surface area contributed by atoms with Crippen LogP contribution in [-0.4, -0.2) is 53.5 Å². The average Bonchev–Trinajstić information content (AvgIpc) is 3.21. The maximum absolute atomic E-state index is 13.2. The van der Waals surface area contributed by atoms with Crippen LogP contribution in [0, 0.1) is 11.3 Å². The smallest absolute Gasteiger partial charge is 0.433 e. The number of nitrogens with one attached hydrogen (secondary N) is 2. The maximum atomic E-state index is 13.2. The molecule has 0 amide bonds. The predicted octanol–water partition coefficient (Wildman–Crippen LogP) is 3.87. The lowest BCUT2D eigenvalue weighted by molar-refractivity contribution is -0.141. The minimum atomic E-state index is -4.64. The summed E-state index contributed by atoms with van der Waals surface area (Å²) in [6.07, 6.45) is -3.16. The van der Waals surface area contributed by atoms with E-state index in [-0.39, 0.29) is 37.3 Å². The Kier molecular flexibility index (Phi) is 6.96. The number of halogens is 3. The van der Waals surface area contributed by atoms with Crippen molar-refractivity contribution >= 4 is 17.3 Å². The van der Waals surface area contributed by atoms with Crippen LogP contribution in [0.1, 0.15) is 23.7 Å². The Morgan fingerprint density at radius 1 is 1.22 bits per heavy atom. The standard InChI is InChI=1S/C24H23F3N6O3/c1-23(13-34)12-30-20-15(11-28)9-14(10-16(20)23)17-5-6-29-22(31-17)32-18-3-4-19(24(25,26)27)33-21(18)36-8-7-35-2/h3-6,9-10,30,34H,7-8,12-13H2,1-2H3,(H,29,31,32)/t23-/m1/s1. The summed E-state index contributed by atoms with van der Waals surface area (Å²) in [4.78, 5) is 12.2. The van der Waals surface area contributed by atoms with E-state index in [1.54, 1.807) is 12.1 Å². The quantitative estimate of drug-likeness (QED) is 0.395. The second-order valence-electron chi connectivity index (χ2n) is 8.41. The van der Waals surface area contributed by atoms with Gasteiger partial charge in [-0.25, -0.2) is 15.0 Å². The number of aromatic nitrogens is 3. The van der Waals surface area contributed by atoms with Crippen molar-refractivity contribution in [3.05, 3.63) is 53.3 Å². The second-order valence-corrected chi connectivity index (χ2v) is 8.41. The first-order valence-corrected chi connectivity index (χ1v) is 10.9. The summed E-state index contributed by atoms with van der Waals surface area (Å²) >= 11 is 0. The number of benzene rings is 1. The number of aliphatic hydroxyl groups excluding tert-OH is 1. The van der Waals surface area contributed by atoms with Crippen molar-refractivity contribution in [2.75, 3.05) is 44.1 Å². The topological polar surface area (TPSA) is 125 Å². The van der Waals surface area contributed by atoms with E-state index >= 15 is 0 Å². The Labute approximate surface area is 204 Å². The number of alkyl halides is 3. The number of nitriles is 1. The SMILES string of the molecule is COCCOc1nc(C(F)(F)F)ccc1Nc1nccc(-c2cc(C#N)c3c(c2)[C@@](C)(CO)CN3)n1. The molecule has 1 aromatic carbocycles. The molecule has 1 aliphatic rings. The van der Waals surface area contributed by atoms with Crippen LogP contribution in [0.3, 0.4) is 0 Å². The van der Waals surface area contributed by atoms with Crippen LogP contribution in [0.4, 0.5) is 30.5 Å². The highest BCUT2D eigenvalue weighted by Gasteiger charge is 2.36. The molecule has 0 fully saturated rings. The second kappa shape index (κ2) is 9.96. The van der Waals surface area contributed by atoms with Gasteiger partial charge in [-0.05, 0) is 35.9 Å². The van der Waals surface area contributed by atoms with Crippen LogP contribution in [0.5, 0.6) is 5.88 Å². The van der Waals surface area contributed by atoms with Crippen molar-refractivity contribution in [2.45, 2.75) is 18.5 Å². The molecule has 0 radical (unpaired) electrons. The summed E-state index contributed by atoms with van der Waals surface area (Å²) in [5, 5.41) is 25.6. The largest absolute Gasteiger partial charge is 0.474 e. The molecule has 3 N–H and O–H groups in total. The molecule has 0 aliphatic carbocycles. The Morgan fingerprint density at radius 3 is 2.72 bits per heavy atom. The van der Waals surface area contributed by atoms with Gasteiger partial charge in [-0.15, -0.1) is 0 Å². The van der Waals surface area contributed by atoms with Gasteiger partial charge in [0.15, 0.2) is 0 Å². The molecule has 3 aromatic rings. The number of anilines is 3. The van der Waals surface area contributed by atoms with Gasteiger partial charge in [-0.1, -0.05) is 6.92 Å². The third-order valence-electron chi connectivity index (χ3n) is 5.79. The molecule has 188 valence electrons. The molecule has 3 heterocycles. The van der Waals surface area contributed by atoms with E-state index in [2.05, 4.69) is 31.7 Å². The fraction of sp³-hybridized carbons (Fsp3) is 0.333. The number of nitrogens with zero attached hydrogens (tertiary/aromatic N) is 4. The number of ether oxygens (including phenoxy) is 2. The molecule has 12 heteroatoms. The number of hydrogen-bond acceptors (Lipinski definition) is 9. The lowest BCUT2D eigenvalue weighted by Crippen LogP contribution is -2.28. The summed E-state index contributed by atoms with van der Waals surface area (Å²) in [7, 11) is 1.44. The number of fused-ring (bicyclic) bond motifs is 1. The first-order chi connectivity index (χ1) is 17.2. The van der Waals surface area contributed by atoms with Gasteiger partial charge in [-0.2, -0.15) is 18.4 Å². The Morgan fingerprint density at radius 2 is 2.03 bits per heavy atom. The van der Waals surface area contributed by atoms with E-state index in [4.69, 9.17) is 9.47 Å². The van der Waals surface area contributed by atoms with Crippen LogP contribution in [0.15, 0.2) is 36.5 Å². The summed E-state index contributed by atoms with van der Waals surface area (Å²) in [5.41, 5.74) is 1.46. The molecule has 1 aliphatic heterocycles. The van der Waals surface area contributed by atoms with Gasteiger partial charge in [0.25, 0.3) is 0 Å². The molecule has 0 saturated heterocycles. The van der Waals surface area contributed by atoms with Gasteiger partial charge >= 0.3 is 6.18 Å². The highest BCUT2D eigenvalue weighted by atomic mass is 19.4. The lowest BCUT2D eigenvalue weighted by atomic mass is 9.83. The number of pyridine rings is 1. The zero-order chi connectivity index (χ0) is 25.9. The third-order valence-corrected chi connectivity index (χ3v) is 5.79. The van der Waals surface area contributed by atoms with Gasteiger partial charge in [-0.3, -0.25) is 0 Å². The van der Waals surface area contributed by atoms with Crippen LogP contribution >= 0.6 is 0 Å². The molecule has 2 aromatic heterocycles. The van der Waals surface area contributed by atoms with Crippen LogP contribution < -0.4 is 15.4 Å². The number of rotatable bonds is 8. The van der Waals surface area contributed by atoms with Crippen molar-refractivity contribution < 1.29 is 27.8 Å². The molecule has 1 atom stereocenters. The number of aliphatic hydroxyl groups is 1. The summed E-state index contributed by atoms with van der Waals surface area (Å²) in [6.45, 7) is 2.42. The molecule has 0 saturated carbocycles. The summed E-state index contributed by atoms with van der Waals surface area (Å²) in [6, 6.07) is 9.38. The van der Waals surface area contributed by atoms with Crippen molar-refractivity contribution in [3.63, 3.8) is 0 Å². The van der Waals surface area contributed by atoms with Gasteiger partial charge in [0, 0.05) is 30.8 Å².